The van der Waals surface area contributed by atoms with E-state index in [1.54, 1.807) is 16.8 Å². The first-order chi connectivity index (χ1) is 40.4. The molecule has 7 heterocycles. The quantitative estimate of drug-likeness (QED) is 0.151. The number of anilines is 6. The molecule has 10 fully saturated rings. The molecular weight excluding hydrogens is 1130 g/mol. The summed E-state index contributed by atoms with van der Waals surface area (Å²) >= 11 is 0. The number of halogens is 6. The molecule has 22 nitrogen and oxygen atoms in total. The van der Waals surface area contributed by atoms with Crippen molar-refractivity contribution < 1.29 is 83.6 Å². The molecule has 3 aromatic carbocycles. The van der Waals surface area contributed by atoms with Gasteiger partial charge in [0.25, 0.3) is 0 Å². The Morgan fingerprint density at radius 3 is 1.18 bits per heavy atom. The van der Waals surface area contributed by atoms with Crippen molar-refractivity contribution in [1.29, 1.82) is 0 Å². The molecule has 13 rings (SSSR count). The summed E-state index contributed by atoms with van der Waals surface area (Å²) in [5.41, 5.74) is 0.0744. The summed E-state index contributed by atoms with van der Waals surface area (Å²) in [7, 11) is 1.71. The Morgan fingerprint density at radius 2 is 0.859 bits per heavy atom. The number of ether oxygens (including phenoxy) is 5. The maximum Gasteiger partial charge on any atom is 0.414 e. The van der Waals surface area contributed by atoms with Crippen molar-refractivity contribution in [2.75, 3.05) is 128 Å². The van der Waals surface area contributed by atoms with Gasteiger partial charge < -0.3 is 54.3 Å². The van der Waals surface area contributed by atoms with Crippen LogP contribution in [0.1, 0.15) is 59.3 Å². The van der Waals surface area contributed by atoms with E-state index in [4.69, 9.17) is 23.7 Å². The highest BCUT2D eigenvalue weighted by atomic mass is 19.2. The van der Waals surface area contributed by atoms with Gasteiger partial charge in [-0.3, -0.25) is 38.9 Å². The number of nitrogens with zero attached hydrogens (tertiary/aromatic N) is 7. The SMILES string of the molecule is CC(=O)NC[C@H]1CN(c2cc(F)c(N3CC(=O)C4(CC4)C3)c(F)c2)C(=O)O1.CC(=O)NC[C@H]1CN(c2cc(F)c(N3CC4(CC4)C4(C3)OCCO4)c(F)c2)C(=O)O1.CN=C1CN(c2c(F)cc(N3C[C@H](CNC(C)=O)OC3=O)cc2F)CC12CC2. The molecule has 0 unspecified atom stereocenters. The Labute approximate surface area is 484 Å². The Kier molecular flexibility index (Phi) is 15.6. The van der Waals surface area contributed by atoms with Gasteiger partial charge in [0, 0.05) is 106 Å². The molecule has 6 amide bonds. The van der Waals surface area contributed by atoms with Crippen LogP contribution in [0, 0.1) is 51.1 Å². The second kappa shape index (κ2) is 22.5. The average molecular weight is 1200 g/mol. The number of fused-ring (bicyclic) bond motifs is 1. The van der Waals surface area contributed by atoms with E-state index in [-0.39, 0.29) is 121 Å². The summed E-state index contributed by atoms with van der Waals surface area (Å²) in [5.74, 6) is -6.13. The molecule has 10 aliphatic rings. The molecule has 0 aromatic heterocycles. The molecule has 28 heteroatoms. The van der Waals surface area contributed by atoms with Crippen LogP contribution in [-0.4, -0.2) is 170 Å². The molecular formula is C57H64F6N10O12. The Hall–Kier alpha value is -7.88. The van der Waals surface area contributed by atoms with Crippen LogP contribution in [0.3, 0.4) is 0 Å². The van der Waals surface area contributed by atoms with Crippen molar-refractivity contribution in [2.24, 2.45) is 21.2 Å². The Morgan fingerprint density at radius 1 is 0.506 bits per heavy atom. The zero-order valence-electron chi connectivity index (χ0n) is 47.1. The second-order valence-electron chi connectivity index (χ2n) is 23.4. The first kappa shape index (κ1) is 58.9. The summed E-state index contributed by atoms with van der Waals surface area (Å²) in [6, 6.07) is 6.73. The second-order valence-corrected chi connectivity index (χ2v) is 23.4. The predicted octanol–water partition coefficient (Wildman–Crippen LogP) is 5.46. The fourth-order valence-electron chi connectivity index (χ4n) is 12.5. The van der Waals surface area contributed by atoms with Crippen LogP contribution in [0.15, 0.2) is 41.4 Å². The number of Topliss-reactive ketones (excluding diaryl/α,β-unsaturated/α-hetero) is 1. The summed E-state index contributed by atoms with van der Waals surface area (Å²) in [6.07, 6.45) is 1.43. The van der Waals surface area contributed by atoms with Crippen molar-refractivity contribution in [3.63, 3.8) is 0 Å². The molecule has 456 valence electrons. The minimum atomic E-state index is -0.825. The smallest absolute Gasteiger partial charge is 0.414 e. The van der Waals surface area contributed by atoms with Crippen LogP contribution >= 0.6 is 0 Å². The normalized spacial score (nSPS) is 24.5. The van der Waals surface area contributed by atoms with Gasteiger partial charge in [-0.05, 0) is 38.5 Å². The van der Waals surface area contributed by atoms with Gasteiger partial charge in [0.05, 0.1) is 89.2 Å². The fraction of sp³-hybridized carbons (Fsp3) is 0.544. The Balaban J connectivity index is 0.000000133. The minimum Gasteiger partial charge on any atom is -0.442 e. The number of carbonyl (C=O) groups excluding carboxylic acids is 7. The predicted molar refractivity (Wildman–Crippen MR) is 293 cm³/mol. The van der Waals surface area contributed by atoms with Gasteiger partial charge in [0.1, 0.15) is 35.4 Å². The molecule has 0 radical (unpaired) electrons. The summed E-state index contributed by atoms with van der Waals surface area (Å²) < 4.78 is 116. The summed E-state index contributed by atoms with van der Waals surface area (Å²) in [4.78, 5) is 93.9. The standard InChI is InChI=1S/C20H23F2N3O5.C19H22F2N4O3.C18H19F2N3O4/c1-12(26)23-8-14-9-25(18(27)30-14)13-6-15(21)17(16(22)7-13)24-10-19(2-3-19)20(11-24)28-4-5-29-20;1-11(26)23-7-13-8-25(18(27)28-13)12-5-14(20)17(15(21)6-12)24-9-16(22-2)19(10-24)3-4-19;1-10(24)21-6-12-7-23(17(26)27-12)11-4-13(19)16(14(20)5-11)22-8-15(25)18(9-22)2-3-18/h6-7,14H,2-5,8-11H2,1H3,(H,23,26);5-6,13H,3-4,7-10H2,1-2H3,(H,23,26);4-5,12H,2-3,6-9H2,1H3,(H,21,24)/t14-;13-;12-/m000/s1. The van der Waals surface area contributed by atoms with Gasteiger partial charge in [0.15, 0.2) is 46.5 Å². The summed E-state index contributed by atoms with van der Waals surface area (Å²) in [5, 5.41) is 7.67. The van der Waals surface area contributed by atoms with E-state index in [0.717, 1.165) is 85.5 Å². The van der Waals surface area contributed by atoms with Crippen molar-refractivity contribution >= 4 is 81.6 Å². The maximum absolute atomic E-state index is 15.0. The van der Waals surface area contributed by atoms with E-state index < -0.39 is 82.7 Å². The van der Waals surface area contributed by atoms with Gasteiger partial charge in [-0.15, -0.1) is 0 Å². The highest BCUT2D eigenvalue weighted by Crippen LogP contribution is 2.62. The number of hydrogen-bond acceptors (Lipinski definition) is 16. The number of rotatable bonds is 12. The third-order valence-electron chi connectivity index (χ3n) is 17.4. The van der Waals surface area contributed by atoms with Crippen molar-refractivity contribution in [3.8, 4) is 0 Å². The monoisotopic (exact) mass is 1190 g/mol. The van der Waals surface area contributed by atoms with E-state index in [2.05, 4.69) is 20.9 Å². The molecule has 0 bridgehead atoms. The number of cyclic esters (lactones) is 3. The average Bonchev–Trinajstić information content (AvgIpc) is 1.61. The molecule has 3 aliphatic carbocycles. The fourth-order valence-corrected chi connectivity index (χ4v) is 12.5. The van der Waals surface area contributed by atoms with E-state index in [1.165, 1.54) is 35.5 Å². The van der Waals surface area contributed by atoms with Crippen LogP contribution in [0.4, 0.5) is 74.9 Å². The van der Waals surface area contributed by atoms with E-state index >= 15 is 8.78 Å². The van der Waals surface area contributed by atoms with Crippen LogP contribution in [0.25, 0.3) is 0 Å². The maximum atomic E-state index is 15.0. The number of benzene rings is 3. The first-order valence-corrected chi connectivity index (χ1v) is 28.1. The zero-order chi connectivity index (χ0) is 60.5. The lowest BCUT2D eigenvalue weighted by atomic mass is 10.00. The van der Waals surface area contributed by atoms with Gasteiger partial charge in [-0.2, -0.15) is 0 Å². The number of nitrogens with one attached hydrogen (secondary N) is 3. The topological polar surface area (TPSA) is 234 Å². The number of amides is 6. The lowest BCUT2D eigenvalue weighted by molar-refractivity contribution is -0.178. The molecule has 3 atom stereocenters. The van der Waals surface area contributed by atoms with E-state index in [9.17, 15) is 51.1 Å². The van der Waals surface area contributed by atoms with Crippen molar-refractivity contribution in [2.45, 2.75) is 83.4 Å². The first-order valence-electron chi connectivity index (χ1n) is 28.1. The minimum absolute atomic E-state index is 0.00225. The molecule has 7 aliphatic heterocycles. The number of hydrogen-bond donors (Lipinski definition) is 3. The van der Waals surface area contributed by atoms with Crippen molar-refractivity contribution in [1.82, 2.24) is 16.0 Å². The molecule has 3 aromatic rings. The van der Waals surface area contributed by atoms with Gasteiger partial charge >= 0.3 is 18.3 Å². The largest absolute Gasteiger partial charge is 0.442 e. The van der Waals surface area contributed by atoms with Crippen LogP contribution in [-0.2, 0) is 42.9 Å². The Bertz CT molecular complexity index is 3210. The lowest BCUT2D eigenvalue weighted by Crippen LogP contribution is -2.40. The highest BCUT2D eigenvalue weighted by molar-refractivity contribution is 6.00. The number of ketones is 1. The molecule has 3 saturated carbocycles. The zero-order valence-corrected chi connectivity index (χ0v) is 47.1. The third kappa shape index (κ3) is 11.6. The lowest BCUT2D eigenvalue weighted by Gasteiger charge is -2.28. The van der Waals surface area contributed by atoms with Gasteiger partial charge in [-0.25, -0.2) is 40.7 Å². The van der Waals surface area contributed by atoms with E-state index in [1.807, 2.05) is 0 Å². The molecule has 4 spiro atoms. The molecule has 85 heavy (non-hydrogen) atoms. The van der Waals surface area contributed by atoms with Crippen LogP contribution < -0.4 is 45.3 Å². The van der Waals surface area contributed by atoms with Gasteiger partial charge in [0.2, 0.25) is 17.7 Å². The number of carbonyl (C=O) groups is 7. The number of aliphatic imine (C=N–C) groups is 1. The van der Waals surface area contributed by atoms with Crippen LogP contribution in [0.2, 0.25) is 0 Å². The van der Waals surface area contributed by atoms with Crippen molar-refractivity contribution in [3.05, 3.63) is 71.3 Å². The van der Waals surface area contributed by atoms with Gasteiger partial charge in [-0.1, -0.05) is 0 Å². The van der Waals surface area contributed by atoms with E-state index in [0.29, 0.717) is 39.4 Å². The molecule has 3 N–H and O–H groups in total. The van der Waals surface area contributed by atoms with Crippen LogP contribution in [0.5, 0.6) is 0 Å². The summed E-state index contributed by atoms with van der Waals surface area (Å²) in [6.45, 7) is 7.72. The molecule has 7 saturated heterocycles. The highest BCUT2D eigenvalue weighted by Gasteiger charge is 2.68. The third-order valence-corrected chi connectivity index (χ3v) is 17.4.